The second kappa shape index (κ2) is 6.51. The van der Waals surface area contributed by atoms with Crippen molar-refractivity contribution in [3.63, 3.8) is 0 Å². The van der Waals surface area contributed by atoms with E-state index in [0.29, 0.717) is 9.13 Å². The van der Waals surface area contributed by atoms with E-state index in [4.69, 9.17) is 10.6 Å². The van der Waals surface area contributed by atoms with Crippen LogP contribution in [0, 0.1) is 13.7 Å². The van der Waals surface area contributed by atoms with Crippen LogP contribution in [0.25, 0.3) is 0 Å². The van der Waals surface area contributed by atoms with Crippen molar-refractivity contribution >= 4 is 40.1 Å². The van der Waals surface area contributed by atoms with Crippen LogP contribution in [0.4, 0.5) is 5.69 Å². The lowest BCUT2D eigenvalue weighted by Crippen LogP contribution is -2.15. The third-order valence-corrected chi connectivity index (χ3v) is 3.37. The van der Waals surface area contributed by atoms with Gasteiger partial charge in [-0.2, -0.15) is 5.10 Å². The maximum Gasteiger partial charge on any atom is 0.386 e. The maximum atomic E-state index is 11.8. The molecule has 22 heavy (non-hydrogen) atoms. The lowest BCUT2D eigenvalue weighted by atomic mass is 10.2. The molecule has 0 aliphatic carbocycles. The van der Waals surface area contributed by atoms with Gasteiger partial charge in [0.2, 0.25) is 0 Å². The number of hydrogen-bond donors (Lipinski definition) is 1. The van der Waals surface area contributed by atoms with Crippen LogP contribution in [-0.4, -0.2) is 26.5 Å². The van der Waals surface area contributed by atoms with Crippen LogP contribution >= 0.6 is 22.6 Å². The quantitative estimate of drug-likeness (QED) is 0.201. The van der Waals surface area contributed by atoms with Gasteiger partial charge in [-0.1, -0.05) is 5.16 Å². The number of benzene rings is 1. The van der Waals surface area contributed by atoms with E-state index in [2.05, 4.69) is 10.3 Å². The number of oxime groups is 1. The average molecular weight is 415 g/mol. The van der Waals surface area contributed by atoms with Crippen molar-refractivity contribution in [2.24, 2.45) is 17.9 Å². The Morgan fingerprint density at radius 1 is 1.45 bits per heavy atom. The lowest BCUT2D eigenvalue weighted by Gasteiger charge is -2.00. The highest BCUT2D eigenvalue weighted by Crippen LogP contribution is 2.13. The number of nitrogens with zero attached hydrogens (tertiary/aromatic N) is 4. The van der Waals surface area contributed by atoms with Crippen molar-refractivity contribution in [2.75, 3.05) is 0 Å². The number of hydrogen-bond acceptors (Lipinski definition) is 6. The largest absolute Gasteiger partial charge is 0.386 e. The lowest BCUT2D eigenvalue weighted by molar-refractivity contribution is -0.384. The van der Waals surface area contributed by atoms with Gasteiger partial charge in [0, 0.05) is 30.9 Å². The minimum atomic E-state index is -0.741. The summed E-state index contributed by atoms with van der Waals surface area (Å²) in [5, 5.41) is 18.0. The summed E-state index contributed by atoms with van der Waals surface area (Å²) in [7, 11) is 1.67. The third kappa shape index (κ3) is 3.58. The molecule has 0 radical (unpaired) electrons. The summed E-state index contributed by atoms with van der Waals surface area (Å²) in [6, 6.07) is 5.38. The predicted octanol–water partition coefficient (Wildman–Crippen LogP) is 1.41. The number of nitro groups is 1. The second-order valence-corrected chi connectivity index (χ2v) is 5.32. The first-order chi connectivity index (χ1) is 10.4. The Bertz CT molecular complexity index is 753. The van der Waals surface area contributed by atoms with Crippen LogP contribution in [-0.2, 0) is 11.9 Å². The molecule has 0 spiro atoms. The summed E-state index contributed by atoms with van der Waals surface area (Å²) >= 11 is 1.95. The van der Waals surface area contributed by atoms with Gasteiger partial charge < -0.3 is 10.6 Å². The van der Waals surface area contributed by atoms with Gasteiger partial charge in [-0.15, -0.1) is 0 Å². The van der Waals surface area contributed by atoms with Crippen molar-refractivity contribution < 1.29 is 14.6 Å². The fourth-order valence-corrected chi connectivity index (χ4v) is 2.27. The molecule has 0 bridgehead atoms. The summed E-state index contributed by atoms with van der Waals surface area (Å²) in [5.41, 5.74) is 6.12. The van der Waals surface area contributed by atoms with E-state index in [1.54, 1.807) is 13.2 Å². The third-order valence-electron chi connectivity index (χ3n) is 2.58. The first-order valence-electron chi connectivity index (χ1n) is 5.87. The standard InChI is InChI=1S/C12H10IN5O4/c1-17-6-9(13)10(15-17)12(19)22-16-11(14)7-2-4-8(5-3-7)18(20)21/h2-6H,1H3,(H2,14,16). The van der Waals surface area contributed by atoms with Gasteiger partial charge in [0.05, 0.1) is 8.49 Å². The Morgan fingerprint density at radius 3 is 2.59 bits per heavy atom. The molecule has 0 amide bonds. The van der Waals surface area contributed by atoms with Crippen molar-refractivity contribution in [1.29, 1.82) is 0 Å². The molecule has 0 aliphatic rings. The molecular weight excluding hydrogens is 405 g/mol. The first-order valence-corrected chi connectivity index (χ1v) is 6.95. The molecule has 10 heteroatoms. The molecule has 0 atom stereocenters. The average Bonchev–Trinajstić information content (AvgIpc) is 2.83. The molecule has 0 saturated carbocycles. The van der Waals surface area contributed by atoms with Gasteiger partial charge in [-0.3, -0.25) is 14.8 Å². The zero-order chi connectivity index (χ0) is 16.3. The Morgan fingerprint density at radius 2 is 2.09 bits per heavy atom. The van der Waals surface area contributed by atoms with Gasteiger partial charge in [0.25, 0.3) is 5.69 Å². The Labute approximate surface area is 138 Å². The van der Waals surface area contributed by atoms with Crippen molar-refractivity contribution in [1.82, 2.24) is 9.78 Å². The number of rotatable bonds is 4. The molecule has 1 heterocycles. The van der Waals surface area contributed by atoms with Crippen LogP contribution in [0.2, 0.25) is 0 Å². The first kappa shape index (κ1) is 15.9. The molecule has 0 saturated heterocycles. The summed E-state index contributed by atoms with van der Waals surface area (Å²) in [4.78, 5) is 26.6. The van der Waals surface area contributed by atoms with Crippen molar-refractivity contribution in [3.8, 4) is 0 Å². The van der Waals surface area contributed by atoms with Crippen molar-refractivity contribution in [2.45, 2.75) is 0 Å². The molecule has 2 rings (SSSR count). The second-order valence-electron chi connectivity index (χ2n) is 4.16. The highest BCUT2D eigenvalue weighted by molar-refractivity contribution is 14.1. The monoisotopic (exact) mass is 415 g/mol. The predicted molar refractivity (Wildman–Crippen MR) is 85.2 cm³/mol. The minimum Gasteiger partial charge on any atom is -0.380 e. The van der Waals surface area contributed by atoms with Crippen LogP contribution in [0.1, 0.15) is 16.1 Å². The molecule has 1 aromatic carbocycles. The molecule has 2 N–H and O–H groups in total. The number of non-ortho nitro benzene ring substituents is 1. The van der Waals surface area contributed by atoms with E-state index in [9.17, 15) is 14.9 Å². The molecule has 9 nitrogen and oxygen atoms in total. The van der Waals surface area contributed by atoms with Crippen LogP contribution in [0.15, 0.2) is 35.6 Å². The highest BCUT2D eigenvalue weighted by atomic mass is 127. The maximum absolute atomic E-state index is 11.8. The van der Waals surface area contributed by atoms with Gasteiger partial charge in [-0.05, 0) is 34.7 Å². The number of amidine groups is 1. The van der Waals surface area contributed by atoms with Gasteiger partial charge >= 0.3 is 5.97 Å². The van der Waals surface area contributed by atoms with E-state index in [-0.39, 0.29) is 17.2 Å². The van der Waals surface area contributed by atoms with Crippen LogP contribution in [0.3, 0.4) is 0 Å². The van der Waals surface area contributed by atoms with E-state index in [1.807, 2.05) is 22.6 Å². The molecule has 0 unspecified atom stereocenters. The number of nitro benzene ring substituents is 1. The van der Waals surface area contributed by atoms with Crippen LogP contribution in [0.5, 0.6) is 0 Å². The van der Waals surface area contributed by atoms with Gasteiger partial charge in [0.15, 0.2) is 11.5 Å². The van der Waals surface area contributed by atoms with Crippen LogP contribution < -0.4 is 5.73 Å². The summed E-state index contributed by atoms with van der Waals surface area (Å²) in [5.74, 6) is -0.816. The summed E-state index contributed by atoms with van der Waals surface area (Å²) < 4.78 is 2.09. The van der Waals surface area contributed by atoms with E-state index in [0.717, 1.165) is 0 Å². The molecule has 0 fully saturated rings. The fraction of sp³-hybridized carbons (Fsp3) is 0.0833. The number of nitrogens with two attached hydrogens (primary N) is 1. The Hall–Kier alpha value is -2.50. The topological polar surface area (TPSA) is 126 Å². The number of carbonyl (C=O) groups is 1. The Balaban J connectivity index is 2.10. The van der Waals surface area contributed by atoms with E-state index < -0.39 is 10.9 Å². The minimum absolute atomic E-state index is 0.0726. The molecule has 0 aliphatic heterocycles. The highest BCUT2D eigenvalue weighted by Gasteiger charge is 2.16. The smallest absolute Gasteiger partial charge is 0.380 e. The number of aromatic nitrogens is 2. The number of carbonyl (C=O) groups excluding carboxylic acids is 1. The van der Waals surface area contributed by atoms with Gasteiger partial charge in [0.1, 0.15) is 0 Å². The van der Waals surface area contributed by atoms with Gasteiger partial charge in [-0.25, -0.2) is 4.79 Å². The SMILES string of the molecule is Cn1cc(I)c(C(=O)O/N=C(\N)c2ccc([N+](=O)[O-])cc2)n1. The van der Waals surface area contributed by atoms with Crippen molar-refractivity contribution in [3.05, 3.63) is 55.4 Å². The molecule has 2 aromatic rings. The normalized spacial score (nSPS) is 11.3. The van der Waals surface area contributed by atoms with E-state index in [1.165, 1.54) is 28.9 Å². The summed E-state index contributed by atoms with van der Waals surface area (Å²) in [6.45, 7) is 0. The Kier molecular flexibility index (Phi) is 4.70. The number of aryl methyl sites for hydroxylation is 1. The zero-order valence-electron chi connectivity index (χ0n) is 11.3. The molecule has 1 aromatic heterocycles. The molecular formula is C12H10IN5O4. The van der Waals surface area contributed by atoms with E-state index >= 15 is 0 Å². The fourth-order valence-electron chi connectivity index (χ4n) is 1.54. The zero-order valence-corrected chi connectivity index (χ0v) is 13.4. The molecule has 114 valence electrons. The summed E-state index contributed by atoms with van der Waals surface area (Å²) in [6.07, 6.45) is 1.65. The number of halogens is 1.